The molecule has 0 radical (unpaired) electrons. The molecule has 1 fully saturated rings. The highest BCUT2D eigenvalue weighted by Gasteiger charge is 2.24. The van der Waals surface area contributed by atoms with Crippen molar-refractivity contribution < 1.29 is 17.9 Å². The number of hydrogen-bond donors (Lipinski definition) is 0. The maximum absolute atomic E-state index is 11.7. The highest BCUT2D eigenvalue weighted by Crippen LogP contribution is 2.08. The number of morpholine rings is 1. The Hall–Kier alpha value is -0.460. The average Bonchev–Trinajstić information content (AvgIpc) is 2.15. The summed E-state index contributed by atoms with van der Waals surface area (Å²) in [6, 6.07) is 0. The van der Waals surface area contributed by atoms with Gasteiger partial charge in [-0.3, -0.25) is 4.79 Å². The molecular formula is C10H19NO4S. The van der Waals surface area contributed by atoms with Crippen molar-refractivity contribution in [3.05, 3.63) is 0 Å². The average molecular weight is 249 g/mol. The molecular weight excluding hydrogens is 230 g/mol. The molecule has 0 bridgehead atoms. The molecule has 0 aromatic rings. The highest BCUT2D eigenvalue weighted by molar-refractivity contribution is 7.90. The molecule has 1 aliphatic rings. The van der Waals surface area contributed by atoms with Crippen molar-refractivity contribution >= 4 is 15.6 Å². The molecule has 0 saturated carbocycles. The van der Waals surface area contributed by atoms with Crippen molar-refractivity contribution in [1.29, 1.82) is 0 Å². The van der Waals surface area contributed by atoms with Crippen molar-refractivity contribution in [2.24, 2.45) is 0 Å². The lowest BCUT2D eigenvalue weighted by molar-refractivity contribution is -0.135. The summed E-state index contributed by atoms with van der Waals surface area (Å²) in [6.45, 7) is 2.02. The number of Topliss-reactive ketones (excluding diaryl/α,β-unsaturated/α-hetero) is 1. The molecule has 1 unspecified atom stereocenters. The molecule has 94 valence electrons. The van der Waals surface area contributed by atoms with Crippen molar-refractivity contribution in [3.63, 3.8) is 0 Å². The SMILES string of the molecule is CN1CCOC(C(=O)CCCS(C)(=O)=O)C1. The molecule has 1 rings (SSSR count). The van der Waals surface area contributed by atoms with Crippen LogP contribution < -0.4 is 0 Å². The van der Waals surface area contributed by atoms with Gasteiger partial charge in [0.25, 0.3) is 0 Å². The van der Waals surface area contributed by atoms with Gasteiger partial charge < -0.3 is 9.64 Å². The van der Waals surface area contributed by atoms with Gasteiger partial charge in [0.05, 0.1) is 12.4 Å². The maximum Gasteiger partial charge on any atom is 0.162 e. The lowest BCUT2D eigenvalue weighted by atomic mass is 10.1. The molecule has 16 heavy (non-hydrogen) atoms. The van der Waals surface area contributed by atoms with Crippen LogP contribution in [0.5, 0.6) is 0 Å². The van der Waals surface area contributed by atoms with Gasteiger partial charge in [0.2, 0.25) is 0 Å². The number of likely N-dealkylation sites (N-methyl/N-ethyl adjacent to an activating group) is 1. The van der Waals surface area contributed by atoms with Crippen LogP contribution in [0, 0.1) is 0 Å². The Morgan fingerprint density at radius 1 is 1.50 bits per heavy atom. The molecule has 1 heterocycles. The van der Waals surface area contributed by atoms with Gasteiger partial charge in [-0.05, 0) is 13.5 Å². The zero-order valence-corrected chi connectivity index (χ0v) is 10.6. The van der Waals surface area contributed by atoms with Crippen LogP contribution in [0.3, 0.4) is 0 Å². The summed E-state index contributed by atoms with van der Waals surface area (Å²) in [5, 5.41) is 0. The normalized spacial score (nSPS) is 23.2. The lowest BCUT2D eigenvalue weighted by Gasteiger charge is -2.29. The van der Waals surface area contributed by atoms with Crippen molar-refractivity contribution in [3.8, 4) is 0 Å². The summed E-state index contributed by atoms with van der Waals surface area (Å²) in [6.07, 6.45) is 1.48. The third kappa shape index (κ3) is 5.05. The van der Waals surface area contributed by atoms with E-state index < -0.39 is 9.84 Å². The van der Waals surface area contributed by atoms with E-state index in [1.807, 2.05) is 11.9 Å². The van der Waals surface area contributed by atoms with Gasteiger partial charge in [0, 0.05) is 25.8 Å². The Morgan fingerprint density at radius 3 is 2.75 bits per heavy atom. The van der Waals surface area contributed by atoms with Crippen LogP contribution in [-0.4, -0.2) is 64.0 Å². The van der Waals surface area contributed by atoms with Crippen LogP contribution in [0.1, 0.15) is 12.8 Å². The van der Waals surface area contributed by atoms with E-state index >= 15 is 0 Å². The van der Waals surface area contributed by atoms with Gasteiger partial charge in [0.15, 0.2) is 5.78 Å². The third-order valence-corrected chi connectivity index (χ3v) is 3.60. The van der Waals surface area contributed by atoms with E-state index in [2.05, 4.69) is 0 Å². The second-order valence-corrected chi connectivity index (χ2v) is 6.58. The molecule has 0 aliphatic carbocycles. The Morgan fingerprint density at radius 2 is 2.19 bits per heavy atom. The van der Waals surface area contributed by atoms with E-state index in [1.165, 1.54) is 6.26 Å². The standard InChI is InChI=1S/C10H19NO4S/c1-11-5-6-15-10(8-11)9(12)4-3-7-16(2,13)14/h10H,3-8H2,1-2H3. The molecule has 1 saturated heterocycles. The minimum atomic E-state index is -2.96. The number of nitrogens with zero attached hydrogens (tertiary/aromatic N) is 1. The van der Waals surface area contributed by atoms with Crippen LogP contribution in [0.15, 0.2) is 0 Å². The first-order valence-electron chi connectivity index (χ1n) is 5.39. The number of hydrogen-bond acceptors (Lipinski definition) is 5. The first kappa shape index (κ1) is 13.6. The summed E-state index contributed by atoms with van der Waals surface area (Å²) in [7, 11) is -1.02. The van der Waals surface area contributed by atoms with E-state index in [1.54, 1.807) is 0 Å². The summed E-state index contributed by atoms with van der Waals surface area (Å²) in [5.41, 5.74) is 0. The fourth-order valence-electron chi connectivity index (χ4n) is 1.64. The Kier molecular flexibility index (Phi) is 4.89. The van der Waals surface area contributed by atoms with E-state index in [4.69, 9.17) is 4.74 Å². The van der Waals surface area contributed by atoms with Crippen LogP contribution in [-0.2, 0) is 19.4 Å². The largest absolute Gasteiger partial charge is 0.368 e. The molecule has 1 atom stereocenters. The zero-order valence-electron chi connectivity index (χ0n) is 9.81. The first-order valence-corrected chi connectivity index (χ1v) is 7.45. The topological polar surface area (TPSA) is 63.7 Å². The summed E-state index contributed by atoms with van der Waals surface area (Å²) in [4.78, 5) is 13.7. The van der Waals surface area contributed by atoms with Gasteiger partial charge in [-0.2, -0.15) is 0 Å². The second kappa shape index (κ2) is 5.75. The summed E-state index contributed by atoms with van der Waals surface area (Å²) < 4.78 is 27.1. The van der Waals surface area contributed by atoms with Gasteiger partial charge in [-0.15, -0.1) is 0 Å². The summed E-state index contributed by atoms with van der Waals surface area (Å²) >= 11 is 0. The Labute approximate surface area is 96.7 Å². The number of ether oxygens (including phenoxy) is 1. The van der Waals surface area contributed by atoms with Gasteiger partial charge >= 0.3 is 0 Å². The minimum Gasteiger partial charge on any atom is -0.368 e. The number of carbonyl (C=O) groups is 1. The molecule has 0 spiro atoms. The highest BCUT2D eigenvalue weighted by atomic mass is 32.2. The van der Waals surface area contributed by atoms with Crippen LogP contribution in [0.4, 0.5) is 0 Å². The Bertz CT molecular complexity index is 339. The van der Waals surface area contributed by atoms with E-state index in [0.717, 1.165) is 6.54 Å². The molecule has 6 heteroatoms. The first-order chi connectivity index (χ1) is 7.38. The number of rotatable bonds is 5. The molecule has 0 aromatic carbocycles. The lowest BCUT2D eigenvalue weighted by Crippen LogP contribution is -2.44. The third-order valence-electron chi connectivity index (χ3n) is 2.57. The van der Waals surface area contributed by atoms with Crippen LogP contribution in [0.25, 0.3) is 0 Å². The molecule has 0 aromatic heterocycles. The van der Waals surface area contributed by atoms with Gasteiger partial charge in [-0.1, -0.05) is 0 Å². The van der Waals surface area contributed by atoms with Gasteiger partial charge in [-0.25, -0.2) is 8.42 Å². The van der Waals surface area contributed by atoms with E-state index in [9.17, 15) is 13.2 Å². The quantitative estimate of drug-likeness (QED) is 0.670. The van der Waals surface area contributed by atoms with Crippen LogP contribution in [0.2, 0.25) is 0 Å². The van der Waals surface area contributed by atoms with E-state index in [0.29, 0.717) is 19.6 Å². The number of ketones is 1. The van der Waals surface area contributed by atoms with Gasteiger partial charge in [0.1, 0.15) is 15.9 Å². The Balaban J connectivity index is 2.29. The monoisotopic (exact) mass is 249 g/mol. The maximum atomic E-state index is 11.7. The van der Waals surface area contributed by atoms with E-state index in [-0.39, 0.29) is 24.1 Å². The fourth-order valence-corrected chi connectivity index (χ4v) is 2.31. The fraction of sp³-hybridized carbons (Fsp3) is 0.900. The molecule has 1 aliphatic heterocycles. The van der Waals surface area contributed by atoms with Crippen LogP contribution >= 0.6 is 0 Å². The van der Waals surface area contributed by atoms with Crippen molar-refractivity contribution in [2.75, 3.05) is 38.8 Å². The minimum absolute atomic E-state index is 0.00944. The predicted molar refractivity (Wildman–Crippen MR) is 61.2 cm³/mol. The molecule has 0 N–H and O–H groups in total. The zero-order chi connectivity index (χ0) is 12.2. The number of carbonyl (C=O) groups excluding carboxylic acids is 1. The summed E-state index contributed by atoms with van der Waals surface area (Å²) in [5.74, 6) is 0.0802. The van der Waals surface area contributed by atoms with Crippen molar-refractivity contribution in [2.45, 2.75) is 18.9 Å². The van der Waals surface area contributed by atoms with Crippen molar-refractivity contribution in [1.82, 2.24) is 4.90 Å². The smallest absolute Gasteiger partial charge is 0.162 e. The molecule has 5 nitrogen and oxygen atoms in total. The number of sulfone groups is 1. The predicted octanol–water partition coefficient (Wildman–Crippen LogP) is -0.289. The molecule has 0 amide bonds. The second-order valence-electron chi connectivity index (χ2n) is 4.32.